The van der Waals surface area contributed by atoms with Gasteiger partial charge in [-0.1, -0.05) is 19.8 Å². The molecule has 1 aromatic rings. The van der Waals surface area contributed by atoms with Gasteiger partial charge in [0.15, 0.2) is 0 Å². The molecule has 1 fully saturated rings. The monoisotopic (exact) mass is 253 g/mol. The molecule has 1 aliphatic rings. The Labute approximate surface area is 108 Å². The van der Waals surface area contributed by atoms with E-state index in [9.17, 15) is 8.78 Å². The molecule has 0 bridgehead atoms. The van der Waals surface area contributed by atoms with Gasteiger partial charge in [0.1, 0.15) is 11.6 Å². The molecular weight excluding hydrogens is 232 g/mol. The summed E-state index contributed by atoms with van der Waals surface area (Å²) in [6.45, 7) is 3.90. The van der Waals surface area contributed by atoms with E-state index in [1.165, 1.54) is 24.6 Å². The van der Waals surface area contributed by atoms with Crippen molar-refractivity contribution in [1.29, 1.82) is 0 Å². The molecule has 2 rings (SSSR count). The number of rotatable bonds is 4. The molecule has 100 valence electrons. The standard InChI is InChI=1S/C15H21F2N/c1-2-18-10-11-5-3-4-6-13(11)14-9-12(16)7-8-15(14)17/h7-9,11,13,18H,2-6,10H2,1H3. The van der Waals surface area contributed by atoms with E-state index in [2.05, 4.69) is 12.2 Å². The quantitative estimate of drug-likeness (QED) is 0.859. The first-order valence-corrected chi connectivity index (χ1v) is 6.88. The average molecular weight is 253 g/mol. The summed E-state index contributed by atoms with van der Waals surface area (Å²) in [6, 6.07) is 3.83. The molecule has 0 spiro atoms. The first-order chi connectivity index (χ1) is 8.72. The molecule has 0 heterocycles. The molecule has 1 aromatic carbocycles. The average Bonchev–Trinajstić information content (AvgIpc) is 2.39. The summed E-state index contributed by atoms with van der Waals surface area (Å²) < 4.78 is 27.2. The van der Waals surface area contributed by atoms with Crippen LogP contribution in [-0.4, -0.2) is 13.1 Å². The van der Waals surface area contributed by atoms with E-state index in [-0.39, 0.29) is 17.6 Å². The van der Waals surface area contributed by atoms with Crippen molar-refractivity contribution < 1.29 is 8.78 Å². The van der Waals surface area contributed by atoms with Crippen molar-refractivity contribution in [3.8, 4) is 0 Å². The van der Waals surface area contributed by atoms with Gasteiger partial charge in [-0.3, -0.25) is 0 Å². The second-order valence-corrected chi connectivity index (χ2v) is 5.12. The summed E-state index contributed by atoms with van der Waals surface area (Å²) in [5, 5.41) is 3.34. The predicted octanol–water partition coefficient (Wildman–Crippen LogP) is 3.85. The van der Waals surface area contributed by atoms with E-state index in [1.807, 2.05) is 0 Å². The van der Waals surface area contributed by atoms with Crippen LogP contribution in [0.2, 0.25) is 0 Å². The highest BCUT2D eigenvalue weighted by atomic mass is 19.1. The molecule has 0 saturated heterocycles. The zero-order chi connectivity index (χ0) is 13.0. The predicted molar refractivity (Wildman–Crippen MR) is 69.6 cm³/mol. The van der Waals surface area contributed by atoms with Gasteiger partial charge in [0.05, 0.1) is 0 Å². The Morgan fingerprint density at radius 3 is 2.78 bits per heavy atom. The zero-order valence-electron chi connectivity index (χ0n) is 10.9. The van der Waals surface area contributed by atoms with E-state index >= 15 is 0 Å². The number of halogens is 2. The fourth-order valence-corrected chi connectivity index (χ4v) is 2.99. The van der Waals surface area contributed by atoms with Crippen LogP contribution in [0.25, 0.3) is 0 Å². The van der Waals surface area contributed by atoms with Gasteiger partial charge in [0.2, 0.25) is 0 Å². The summed E-state index contributed by atoms with van der Waals surface area (Å²) in [5.74, 6) is -0.00697. The molecule has 1 saturated carbocycles. The van der Waals surface area contributed by atoms with Crippen LogP contribution in [0.1, 0.15) is 44.1 Å². The Kier molecular flexibility index (Phi) is 4.70. The minimum atomic E-state index is -0.334. The molecule has 18 heavy (non-hydrogen) atoms. The van der Waals surface area contributed by atoms with Crippen LogP contribution in [0, 0.1) is 17.6 Å². The van der Waals surface area contributed by atoms with Crippen LogP contribution in [0.5, 0.6) is 0 Å². The lowest BCUT2D eigenvalue weighted by molar-refractivity contribution is 0.291. The maximum absolute atomic E-state index is 13.9. The summed E-state index contributed by atoms with van der Waals surface area (Å²) in [5.41, 5.74) is 0.567. The normalized spacial score (nSPS) is 24.2. The van der Waals surface area contributed by atoms with E-state index in [0.717, 1.165) is 32.4 Å². The molecule has 0 amide bonds. The Morgan fingerprint density at radius 1 is 1.22 bits per heavy atom. The van der Waals surface area contributed by atoms with Gasteiger partial charge in [-0.15, -0.1) is 0 Å². The number of nitrogens with one attached hydrogen (secondary N) is 1. The van der Waals surface area contributed by atoms with E-state index in [0.29, 0.717) is 11.5 Å². The van der Waals surface area contributed by atoms with Gasteiger partial charge in [-0.2, -0.15) is 0 Å². The molecule has 0 radical (unpaired) electrons. The fraction of sp³-hybridized carbons (Fsp3) is 0.600. The molecule has 0 aromatic heterocycles. The van der Waals surface area contributed by atoms with Gasteiger partial charge >= 0.3 is 0 Å². The minimum absolute atomic E-state index is 0.161. The largest absolute Gasteiger partial charge is 0.317 e. The van der Waals surface area contributed by atoms with Crippen molar-refractivity contribution in [3.63, 3.8) is 0 Å². The van der Waals surface area contributed by atoms with Gasteiger partial charge in [0, 0.05) is 0 Å². The van der Waals surface area contributed by atoms with E-state index < -0.39 is 0 Å². The fourth-order valence-electron chi connectivity index (χ4n) is 2.99. The van der Waals surface area contributed by atoms with Gasteiger partial charge in [-0.25, -0.2) is 8.78 Å². The summed E-state index contributed by atoms with van der Waals surface area (Å²) in [6.07, 6.45) is 4.39. The second-order valence-electron chi connectivity index (χ2n) is 5.12. The Balaban J connectivity index is 2.19. The summed E-state index contributed by atoms with van der Waals surface area (Å²) in [4.78, 5) is 0. The Bertz CT molecular complexity index is 392. The zero-order valence-corrected chi connectivity index (χ0v) is 10.9. The third-order valence-electron chi connectivity index (χ3n) is 3.92. The van der Waals surface area contributed by atoms with Crippen LogP contribution < -0.4 is 5.32 Å². The van der Waals surface area contributed by atoms with Crippen LogP contribution in [-0.2, 0) is 0 Å². The first-order valence-electron chi connectivity index (χ1n) is 6.88. The van der Waals surface area contributed by atoms with Gasteiger partial charge in [0.25, 0.3) is 0 Å². The molecule has 1 aliphatic carbocycles. The molecule has 1 nitrogen and oxygen atoms in total. The number of benzene rings is 1. The molecule has 2 unspecified atom stereocenters. The highest BCUT2D eigenvalue weighted by molar-refractivity contribution is 5.24. The van der Waals surface area contributed by atoms with E-state index in [1.54, 1.807) is 0 Å². The van der Waals surface area contributed by atoms with Crippen molar-refractivity contribution in [2.24, 2.45) is 5.92 Å². The van der Waals surface area contributed by atoms with Crippen molar-refractivity contribution in [3.05, 3.63) is 35.4 Å². The van der Waals surface area contributed by atoms with Crippen LogP contribution in [0.15, 0.2) is 18.2 Å². The maximum Gasteiger partial charge on any atom is 0.126 e. The van der Waals surface area contributed by atoms with Crippen molar-refractivity contribution in [1.82, 2.24) is 5.32 Å². The molecular formula is C15H21F2N. The first kappa shape index (κ1) is 13.5. The smallest absolute Gasteiger partial charge is 0.126 e. The number of hydrogen-bond donors (Lipinski definition) is 1. The highest BCUT2D eigenvalue weighted by Gasteiger charge is 2.28. The molecule has 2 atom stereocenters. The third kappa shape index (κ3) is 3.08. The van der Waals surface area contributed by atoms with Gasteiger partial charge in [-0.05, 0) is 61.5 Å². The molecule has 0 aliphatic heterocycles. The second kappa shape index (κ2) is 6.28. The maximum atomic E-state index is 13.9. The minimum Gasteiger partial charge on any atom is -0.317 e. The third-order valence-corrected chi connectivity index (χ3v) is 3.92. The lowest BCUT2D eigenvalue weighted by Gasteiger charge is -2.32. The van der Waals surface area contributed by atoms with E-state index in [4.69, 9.17) is 0 Å². The van der Waals surface area contributed by atoms with Gasteiger partial charge < -0.3 is 5.32 Å². The molecule has 1 N–H and O–H groups in total. The lowest BCUT2D eigenvalue weighted by Crippen LogP contribution is -2.29. The van der Waals surface area contributed by atoms with Crippen LogP contribution in [0.3, 0.4) is 0 Å². The highest BCUT2D eigenvalue weighted by Crippen LogP contribution is 2.38. The SMILES string of the molecule is CCNCC1CCCCC1c1cc(F)ccc1F. The Hall–Kier alpha value is -0.960. The topological polar surface area (TPSA) is 12.0 Å². The summed E-state index contributed by atoms with van der Waals surface area (Å²) in [7, 11) is 0. The summed E-state index contributed by atoms with van der Waals surface area (Å²) >= 11 is 0. The van der Waals surface area contributed by atoms with Crippen molar-refractivity contribution >= 4 is 0 Å². The Morgan fingerprint density at radius 2 is 2.00 bits per heavy atom. The van der Waals surface area contributed by atoms with Crippen LogP contribution in [0.4, 0.5) is 8.78 Å². The number of hydrogen-bond acceptors (Lipinski definition) is 1. The van der Waals surface area contributed by atoms with Crippen molar-refractivity contribution in [2.45, 2.75) is 38.5 Å². The van der Waals surface area contributed by atoms with Crippen molar-refractivity contribution in [2.75, 3.05) is 13.1 Å². The lowest BCUT2D eigenvalue weighted by atomic mass is 9.75. The van der Waals surface area contributed by atoms with Crippen LogP contribution >= 0.6 is 0 Å². The molecule has 3 heteroatoms.